The minimum Gasteiger partial charge on any atom is -0.493 e. The van der Waals surface area contributed by atoms with Gasteiger partial charge in [0.1, 0.15) is 0 Å². The van der Waals surface area contributed by atoms with Gasteiger partial charge in [-0.3, -0.25) is 4.79 Å². The van der Waals surface area contributed by atoms with Gasteiger partial charge < -0.3 is 9.47 Å². The fraction of sp³-hybridized carbons (Fsp3) is 0.200. The fourth-order valence-corrected chi connectivity index (χ4v) is 5.03. The number of H-pyrrole nitrogens is 1. The van der Waals surface area contributed by atoms with E-state index in [-0.39, 0.29) is 5.56 Å². The van der Waals surface area contributed by atoms with Crippen molar-refractivity contribution < 1.29 is 9.47 Å². The molecule has 1 N–H and O–H groups in total. The van der Waals surface area contributed by atoms with Gasteiger partial charge in [-0.2, -0.15) is 5.10 Å². The van der Waals surface area contributed by atoms with Gasteiger partial charge >= 0.3 is 0 Å². The number of hydrogen-bond donors (Lipinski definition) is 1. The zero-order chi connectivity index (χ0) is 24.2. The van der Waals surface area contributed by atoms with Gasteiger partial charge in [0.05, 0.1) is 14.2 Å². The molecular weight excluding hydrogens is 436 g/mol. The van der Waals surface area contributed by atoms with Crippen LogP contribution in [0.25, 0.3) is 11.6 Å². The molecular formula is C30H28N2O3. The third-order valence-corrected chi connectivity index (χ3v) is 6.67. The first kappa shape index (κ1) is 22.7. The van der Waals surface area contributed by atoms with E-state index in [1.54, 1.807) is 20.3 Å². The van der Waals surface area contributed by atoms with Gasteiger partial charge in [-0.15, -0.1) is 0 Å². The Balaban J connectivity index is 0.000000313. The maximum atomic E-state index is 10.2. The Morgan fingerprint density at radius 2 is 1.66 bits per heavy atom. The molecule has 3 aromatic carbocycles. The van der Waals surface area contributed by atoms with Gasteiger partial charge in [0, 0.05) is 12.3 Å². The van der Waals surface area contributed by atoms with Crippen LogP contribution in [0.3, 0.4) is 0 Å². The highest BCUT2D eigenvalue weighted by atomic mass is 16.5. The second-order valence-electron chi connectivity index (χ2n) is 8.64. The zero-order valence-electron chi connectivity index (χ0n) is 20.0. The summed E-state index contributed by atoms with van der Waals surface area (Å²) in [5.74, 6) is 1.54. The highest BCUT2D eigenvalue weighted by Gasteiger charge is 2.18. The lowest BCUT2D eigenvalue weighted by Crippen LogP contribution is -2.22. The Bertz CT molecular complexity index is 1640. The Hall–Kier alpha value is -4.12. The van der Waals surface area contributed by atoms with Crippen molar-refractivity contribution in [2.75, 3.05) is 14.2 Å². The van der Waals surface area contributed by atoms with Gasteiger partial charge in [0.25, 0.3) is 5.56 Å². The van der Waals surface area contributed by atoms with Crippen LogP contribution in [0, 0.1) is 10.4 Å². The van der Waals surface area contributed by atoms with Crippen LogP contribution < -0.4 is 25.5 Å². The van der Waals surface area contributed by atoms with E-state index < -0.39 is 0 Å². The standard InChI is InChI=1S/C26H24O2.C4H4N2O/c1-27-25-14-12-18(15-26(25)28-2)23-16-24-19-8-4-3-7-17(19)11-13-22(24)20-9-5-6-10-21(20)23;7-4-2-1-3-5-6-4/h5-7,9-15H,3-4,8,16H2,1-2H3;1-3H,(H,6,7). The summed E-state index contributed by atoms with van der Waals surface area (Å²) < 4.78 is 11.0. The van der Waals surface area contributed by atoms with Crippen LogP contribution in [0.1, 0.15) is 29.5 Å². The van der Waals surface area contributed by atoms with Crippen molar-refractivity contribution in [2.45, 2.75) is 25.7 Å². The SMILES string of the molecule is COc1ccc(C2=c3ccccc3=c3ccc4c(c3C2)CCCC=4)cc1OC.O=c1cccn[nH]1. The van der Waals surface area contributed by atoms with Crippen molar-refractivity contribution in [3.8, 4) is 11.5 Å². The third kappa shape index (κ3) is 4.50. The Morgan fingerprint density at radius 1 is 0.829 bits per heavy atom. The van der Waals surface area contributed by atoms with Crippen LogP contribution in [0.4, 0.5) is 0 Å². The predicted molar refractivity (Wildman–Crippen MR) is 138 cm³/mol. The molecule has 0 spiro atoms. The molecule has 1 heterocycles. The van der Waals surface area contributed by atoms with Crippen LogP contribution in [0.5, 0.6) is 11.5 Å². The van der Waals surface area contributed by atoms with E-state index in [2.05, 4.69) is 64.8 Å². The summed E-state index contributed by atoms with van der Waals surface area (Å²) in [6.45, 7) is 0. The first-order valence-corrected chi connectivity index (χ1v) is 11.8. The Labute approximate surface area is 203 Å². The molecule has 35 heavy (non-hydrogen) atoms. The third-order valence-electron chi connectivity index (χ3n) is 6.67. The molecule has 0 aliphatic heterocycles. The summed E-state index contributed by atoms with van der Waals surface area (Å²) in [5, 5.41) is 11.2. The van der Waals surface area contributed by atoms with E-state index in [4.69, 9.17) is 9.47 Å². The quantitative estimate of drug-likeness (QED) is 0.503. The summed E-state index contributed by atoms with van der Waals surface area (Å²) >= 11 is 0. The average Bonchev–Trinajstić information content (AvgIpc) is 2.92. The fourth-order valence-electron chi connectivity index (χ4n) is 5.03. The molecule has 2 aliphatic rings. The molecule has 5 nitrogen and oxygen atoms in total. The van der Waals surface area contributed by atoms with E-state index in [1.165, 1.54) is 74.7 Å². The van der Waals surface area contributed by atoms with E-state index in [0.29, 0.717) is 0 Å². The van der Waals surface area contributed by atoms with E-state index >= 15 is 0 Å². The molecule has 6 rings (SSSR count). The molecule has 0 saturated carbocycles. The number of nitrogens with one attached hydrogen (secondary N) is 1. The Kier molecular flexibility index (Phi) is 6.49. The molecule has 5 heteroatoms. The van der Waals surface area contributed by atoms with Gasteiger partial charge in [0.2, 0.25) is 0 Å². The van der Waals surface area contributed by atoms with Crippen molar-refractivity contribution in [3.05, 3.63) is 121 Å². The molecule has 4 aromatic rings. The first-order chi connectivity index (χ1) is 17.2. The van der Waals surface area contributed by atoms with Crippen LogP contribution in [0.15, 0.2) is 77.7 Å². The number of fused-ring (bicyclic) bond motifs is 4. The molecule has 0 saturated heterocycles. The normalized spacial score (nSPS) is 13.3. The predicted octanol–water partition coefficient (Wildman–Crippen LogP) is 3.63. The molecule has 176 valence electrons. The van der Waals surface area contributed by atoms with Gasteiger partial charge in [-0.1, -0.05) is 48.5 Å². The number of methoxy groups -OCH3 is 2. The van der Waals surface area contributed by atoms with E-state index in [0.717, 1.165) is 17.9 Å². The number of nitrogens with zero attached hydrogens (tertiary/aromatic N) is 1. The maximum Gasteiger partial charge on any atom is 0.264 e. The summed E-state index contributed by atoms with van der Waals surface area (Å²) in [7, 11) is 3.38. The van der Waals surface area contributed by atoms with E-state index in [1.807, 2.05) is 6.07 Å². The van der Waals surface area contributed by atoms with Crippen LogP contribution in [-0.2, 0) is 12.8 Å². The second kappa shape index (κ2) is 10.0. The molecule has 0 amide bonds. The molecule has 1 aromatic heterocycles. The number of benzene rings is 3. The lowest BCUT2D eigenvalue weighted by Gasteiger charge is -2.21. The summed E-state index contributed by atoms with van der Waals surface area (Å²) in [4.78, 5) is 10.2. The molecule has 0 unspecified atom stereocenters. The number of hydrogen-bond acceptors (Lipinski definition) is 4. The molecule has 0 radical (unpaired) electrons. The summed E-state index contributed by atoms with van der Waals surface area (Å²) in [5.41, 5.74) is 5.44. The van der Waals surface area contributed by atoms with Crippen molar-refractivity contribution in [1.82, 2.24) is 10.2 Å². The van der Waals surface area contributed by atoms with Crippen molar-refractivity contribution in [2.24, 2.45) is 0 Å². The van der Waals surface area contributed by atoms with Crippen molar-refractivity contribution in [3.63, 3.8) is 0 Å². The maximum absolute atomic E-state index is 10.2. The number of aromatic amines is 1. The monoisotopic (exact) mass is 464 g/mol. The smallest absolute Gasteiger partial charge is 0.264 e. The average molecular weight is 465 g/mol. The highest BCUT2D eigenvalue weighted by Crippen LogP contribution is 2.32. The van der Waals surface area contributed by atoms with Crippen LogP contribution in [0.2, 0.25) is 0 Å². The lowest BCUT2D eigenvalue weighted by atomic mass is 9.84. The number of ether oxygens (including phenoxy) is 2. The minimum atomic E-state index is -0.164. The Morgan fingerprint density at radius 3 is 2.37 bits per heavy atom. The van der Waals surface area contributed by atoms with E-state index in [9.17, 15) is 4.79 Å². The van der Waals surface area contributed by atoms with Gasteiger partial charge in [-0.25, -0.2) is 5.10 Å². The largest absolute Gasteiger partial charge is 0.493 e. The van der Waals surface area contributed by atoms with Crippen LogP contribution >= 0.6 is 0 Å². The van der Waals surface area contributed by atoms with Crippen molar-refractivity contribution in [1.29, 1.82) is 0 Å². The topological polar surface area (TPSA) is 64.2 Å². The highest BCUT2D eigenvalue weighted by molar-refractivity contribution is 5.72. The number of rotatable bonds is 3. The van der Waals surface area contributed by atoms with Gasteiger partial charge in [-0.05, 0) is 87.0 Å². The molecule has 0 bridgehead atoms. The lowest BCUT2D eigenvalue weighted by molar-refractivity contribution is 0.355. The zero-order valence-corrected chi connectivity index (χ0v) is 20.0. The van der Waals surface area contributed by atoms with Gasteiger partial charge in [0.15, 0.2) is 11.5 Å². The molecule has 0 fully saturated rings. The summed E-state index contributed by atoms with van der Waals surface area (Å²) in [6.07, 6.45) is 8.48. The molecule has 2 aliphatic carbocycles. The molecule has 0 atom stereocenters. The van der Waals surface area contributed by atoms with Crippen molar-refractivity contribution >= 4 is 11.6 Å². The number of aromatic nitrogens is 2. The first-order valence-electron chi connectivity index (χ1n) is 11.8. The van der Waals surface area contributed by atoms with Crippen LogP contribution in [-0.4, -0.2) is 24.4 Å². The minimum absolute atomic E-state index is 0.164. The summed E-state index contributed by atoms with van der Waals surface area (Å²) in [6, 6.07) is 22.7. The second-order valence-corrected chi connectivity index (χ2v) is 8.64.